The second kappa shape index (κ2) is 6.84. The Labute approximate surface area is 140 Å². The van der Waals surface area contributed by atoms with Crippen molar-refractivity contribution in [1.82, 2.24) is 5.32 Å². The number of hydrogen-bond donors (Lipinski definition) is 1. The Bertz CT molecular complexity index is 754. The van der Waals surface area contributed by atoms with E-state index in [4.69, 9.17) is 9.47 Å². The quantitative estimate of drug-likeness (QED) is 0.877. The van der Waals surface area contributed by atoms with Crippen molar-refractivity contribution >= 4 is 11.9 Å². The maximum absolute atomic E-state index is 12.0. The third kappa shape index (κ3) is 3.03. The molecule has 2 aromatic rings. The summed E-state index contributed by atoms with van der Waals surface area (Å²) in [5, 5.41) is 3.35. The van der Waals surface area contributed by atoms with Crippen LogP contribution in [0.4, 0.5) is 0 Å². The maximum Gasteiger partial charge on any atom is 0.337 e. The highest BCUT2D eigenvalue weighted by atomic mass is 16.5. The molecule has 0 spiro atoms. The monoisotopic (exact) mass is 325 g/mol. The summed E-state index contributed by atoms with van der Waals surface area (Å²) in [5.74, 6) is -0.647. The van der Waals surface area contributed by atoms with Gasteiger partial charge in [-0.3, -0.25) is 10.1 Å². The number of rotatable bonds is 3. The van der Waals surface area contributed by atoms with E-state index < -0.39 is 6.04 Å². The SMILES string of the molecule is COC(=O)c1ccc(C2NC(C(=O)OC)Cc3ccccc32)cc1. The van der Waals surface area contributed by atoms with Gasteiger partial charge in [0.15, 0.2) is 0 Å². The normalized spacial score (nSPS) is 19.2. The van der Waals surface area contributed by atoms with E-state index >= 15 is 0 Å². The minimum atomic E-state index is -0.393. The van der Waals surface area contributed by atoms with Crippen LogP contribution in [0.15, 0.2) is 48.5 Å². The number of methoxy groups -OCH3 is 2. The molecule has 2 atom stereocenters. The van der Waals surface area contributed by atoms with E-state index in [1.165, 1.54) is 14.2 Å². The molecule has 1 heterocycles. The molecule has 0 saturated heterocycles. The predicted octanol–water partition coefficient (Wildman–Crippen LogP) is 2.25. The molecule has 0 aromatic heterocycles. The molecule has 124 valence electrons. The van der Waals surface area contributed by atoms with E-state index in [2.05, 4.69) is 11.4 Å². The first-order chi connectivity index (χ1) is 11.6. The summed E-state index contributed by atoms with van der Waals surface area (Å²) in [6.07, 6.45) is 0.597. The lowest BCUT2D eigenvalue weighted by Gasteiger charge is -2.32. The number of carbonyl (C=O) groups excluding carboxylic acids is 2. The van der Waals surface area contributed by atoms with Crippen LogP contribution in [0.3, 0.4) is 0 Å². The van der Waals surface area contributed by atoms with Gasteiger partial charge in [0.1, 0.15) is 6.04 Å². The summed E-state index contributed by atoms with van der Waals surface area (Å²) in [6, 6.07) is 14.7. The van der Waals surface area contributed by atoms with Crippen LogP contribution in [0.25, 0.3) is 0 Å². The van der Waals surface area contributed by atoms with Crippen molar-refractivity contribution in [3.63, 3.8) is 0 Å². The molecule has 0 amide bonds. The summed E-state index contributed by atoms with van der Waals surface area (Å²) in [7, 11) is 2.75. The molecule has 24 heavy (non-hydrogen) atoms. The van der Waals surface area contributed by atoms with Gasteiger partial charge in [-0.15, -0.1) is 0 Å². The standard InChI is InChI=1S/C19H19NO4/c1-23-18(21)13-9-7-12(8-10-13)17-15-6-4-3-5-14(15)11-16(20-17)19(22)24-2/h3-10,16-17,20H,11H2,1-2H3. The molecule has 1 N–H and O–H groups in total. The molecule has 5 heteroatoms. The fourth-order valence-electron chi connectivity index (χ4n) is 3.07. The van der Waals surface area contributed by atoms with Gasteiger partial charge in [0, 0.05) is 0 Å². The van der Waals surface area contributed by atoms with Gasteiger partial charge in [-0.25, -0.2) is 4.79 Å². The Hall–Kier alpha value is -2.66. The Morgan fingerprint density at radius 2 is 1.71 bits per heavy atom. The van der Waals surface area contributed by atoms with Gasteiger partial charge in [-0.2, -0.15) is 0 Å². The van der Waals surface area contributed by atoms with E-state index in [0.29, 0.717) is 12.0 Å². The zero-order chi connectivity index (χ0) is 17.1. The predicted molar refractivity (Wildman–Crippen MR) is 88.7 cm³/mol. The van der Waals surface area contributed by atoms with Crippen LogP contribution in [0, 0.1) is 0 Å². The van der Waals surface area contributed by atoms with Crippen LogP contribution in [0.1, 0.15) is 33.1 Å². The first kappa shape index (κ1) is 16.2. The Morgan fingerprint density at radius 1 is 1.00 bits per heavy atom. The number of esters is 2. The summed E-state index contributed by atoms with van der Waals surface area (Å²) in [5.41, 5.74) is 3.72. The molecule has 0 aliphatic carbocycles. The van der Waals surface area contributed by atoms with E-state index in [1.807, 2.05) is 30.3 Å². The van der Waals surface area contributed by atoms with Crippen molar-refractivity contribution in [1.29, 1.82) is 0 Å². The van der Waals surface area contributed by atoms with Crippen molar-refractivity contribution in [3.05, 3.63) is 70.8 Å². The van der Waals surface area contributed by atoms with E-state index in [0.717, 1.165) is 16.7 Å². The van der Waals surface area contributed by atoms with E-state index in [9.17, 15) is 9.59 Å². The van der Waals surface area contributed by atoms with Gasteiger partial charge in [-0.1, -0.05) is 36.4 Å². The largest absolute Gasteiger partial charge is 0.468 e. The zero-order valence-electron chi connectivity index (χ0n) is 13.6. The van der Waals surface area contributed by atoms with Crippen LogP contribution >= 0.6 is 0 Å². The average molecular weight is 325 g/mol. The molecule has 2 unspecified atom stereocenters. The highest BCUT2D eigenvalue weighted by molar-refractivity contribution is 5.89. The van der Waals surface area contributed by atoms with Gasteiger partial charge in [0.25, 0.3) is 0 Å². The zero-order valence-corrected chi connectivity index (χ0v) is 13.6. The van der Waals surface area contributed by atoms with Crippen molar-refractivity contribution < 1.29 is 19.1 Å². The van der Waals surface area contributed by atoms with E-state index in [-0.39, 0.29) is 18.0 Å². The van der Waals surface area contributed by atoms with Crippen molar-refractivity contribution in [2.24, 2.45) is 0 Å². The number of nitrogens with one attached hydrogen (secondary N) is 1. The highest BCUT2D eigenvalue weighted by Crippen LogP contribution is 2.31. The van der Waals surface area contributed by atoms with Crippen molar-refractivity contribution in [2.75, 3.05) is 14.2 Å². The minimum absolute atomic E-state index is 0.134. The van der Waals surface area contributed by atoms with Gasteiger partial charge in [-0.05, 0) is 35.2 Å². The number of fused-ring (bicyclic) bond motifs is 1. The van der Waals surface area contributed by atoms with Crippen LogP contribution in [0.2, 0.25) is 0 Å². The molecule has 0 fully saturated rings. The Morgan fingerprint density at radius 3 is 2.38 bits per heavy atom. The van der Waals surface area contributed by atoms with Crippen LogP contribution in [0.5, 0.6) is 0 Å². The molecule has 0 saturated carbocycles. The minimum Gasteiger partial charge on any atom is -0.468 e. The van der Waals surface area contributed by atoms with Gasteiger partial charge >= 0.3 is 11.9 Å². The number of benzene rings is 2. The fourth-order valence-corrected chi connectivity index (χ4v) is 3.07. The summed E-state index contributed by atoms with van der Waals surface area (Å²) in [6.45, 7) is 0. The smallest absolute Gasteiger partial charge is 0.337 e. The first-order valence-electron chi connectivity index (χ1n) is 7.74. The van der Waals surface area contributed by atoms with Crippen molar-refractivity contribution in [3.8, 4) is 0 Å². The number of ether oxygens (including phenoxy) is 2. The number of hydrogen-bond acceptors (Lipinski definition) is 5. The summed E-state index contributed by atoms with van der Waals surface area (Å²) in [4.78, 5) is 23.6. The van der Waals surface area contributed by atoms with Gasteiger partial charge in [0.2, 0.25) is 0 Å². The second-order valence-electron chi connectivity index (χ2n) is 5.69. The van der Waals surface area contributed by atoms with Crippen LogP contribution < -0.4 is 5.32 Å². The third-order valence-corrected chi connectivity index (χ3v) is 4.31. The molecule has 2 aromatic carbocycles. The molecule has 3 rings (SSSR count). The fraction of sp³-hybridized carbons (Fsp3) is 0.263. The lowest BCUT2D eigenvalue weighted by molar-refractivity contribution is -0.143. The molecular weight excluding hydrogens is 306 g/mol. The third-order valence-electron chi connectivity index (χ3n) is 4.31. The lowest BCUT2D eigenvalue weighted by atomic mass is 9.86. The van der Waals surface area contributed by atoms with Crippen LogP contribution in [-0.2, 0) is 20.7 Å². The first-order valence-corrected chi connectivity index (χ1v) is 7.74. The summed E-state index contributed by atoms with van der Waals surface area (Å²) >= 11 is 0. The number of carbonyl (C=O) groups is 2. The van der Waals surface area contributed by atoms with E-state index in [1.54, 1.807) is 12.1 Å². The summed E-state index contributed by atoms with van der Waals surface area (Å²) < 4.78 is 9.62. The Kier molecular flexibility index (Phi) is 4.62. The highest BCUT2D eigenvalue weighted by Gasteiger charge is 2.31. The average Bonchev–Trinajstić information content (AvgIpc) is 2.66. The van der Waals surface area contributed by atoms with Crippen LogP contribution in [-0.4, -0.2) is 32.2 Å². The molecule has 0 bridgehead atoms. The lowest BCUT2D eigenvalue weighted by Crippen LogP contribution is -2.45. The molecule has 0 radical (unpaired) electrons. The van der Waals surface area contributed by atoms with Crippen molar-refractivity contribution in [2.45, 2.75) is 18.5 Å². The molecule has 5 nitrogen and oxygen atoms in total. The second-order valence-corrected chi connectivity index (χ2v) is 5.69. The van der Waals surface area contributed by atoms with Gasteiger partial charge < -0.3 is 9.47 Å². The molecule has 1 aliphatic rings. The molecular formula is C19H19NO4. The van der Waals surface area contributed by atoms with Gasteiger partial charge in [0.05, 0.1) is 25.8 Å². The Balaban J connectivity index is 1.96. The topological polar surface area (TPSA) is 64.6 Å². The molecule has 1 aliphatic heterocycles. The maximum atomic E-state index is 12.0.